The summed E-state index contributed by atoms with van der Waals surface area (Å²) in [6, 6.07) is 0. The summed E-state index contributed by atoms with van der Waals surface area (Å²) < 4.78 is 15.2. The lowest BCUT2D eigenvalue weighted by Gasteiger charge is -2.43. The molecule has 3 aliphatic rings. The van der Waals surface area contributed by atoms with E-state index in [1.807, 2.05) is 4.90 Å². The zero-order valence-corrected chi connectivity index (χ0v) is 14.8. The quantitative estimate of drug-likeness (QED) is 0.676. The van der Waals surface area contributed by atoms with Gasteiger partial charge in [0.25, 0.3) is 0 Å². The third-order valence-corrected chi connectivity index (χ3v) is 6.11. The predicted molar refractivity (Wildman–Crippen MR) is 90.7 cm³/mol. The smallest absolute Gasteiger partial charge is 0.225 e. The van der Waals surface area contributed by atoms with Gasteiger partial charge in [0.2, 0.25) is 5.91 Å². The minimum absolute atomic E-state index is 0.120. The number of hydrogen-bond acceptors (Lipinski definition) is 5. The summed E-state index contributed by atoms with van der Waals surface area (Å²) in [6.07, 6.45) is 2.66. The number of carbonyl (C=O) groups is 1. The minimum atomic E-state index is -1.41. The zero-order valence-electron chi connectivity index (χ0n) is 14.8. The van der Waals surface area contributed by atoms with Crippen LogP contribution in [0.4, 0.5) is 4.39 Å². The molecule has 0 aromatic rings. The third-order valence-electron chi connectivity index (χ3n) is 6.11. The highest BCUT2D eigenvalue weighted by molar-refractivity contribution is 5.79. The number of β-amino-alcohol motifs (C(OH)–C–C–N with tert-alkyl or cyclic N) is 2. The molecule has 6 nitrogen and oxygen atoms in total. The van der Waals surface area contributed by atoms with Gasteiger partial charge in [-0.3, -0.25) is 9.69 Å². The van der Waals surface area contributed by atoms with E-state index in [-0.39, 0.29) is 44.3 Å². The number of alkyl halides is 1. The van der Waals surface area contributed by atoms with Gasteiger partial charge in [-0.15, -0.1) is 0 Å². The molecular weight excluding hydrogens is 327 g/mol. The van der Waals surface area contributed by atoms with E-state index in [2.05, 4.69) is 0 Å². The largest absolute Gasteiger partial charge is 0.389 e. The summed E-state index contributed by atoms with van der Waals surface area (Å²) in [6.45, 7) is 1.32. The molecule has 0 spiro atoms. The normalized spacial score (nSPS) is 34.9. The molecule has 0 aromatic heterocycles. The highest BCUT2D eigenvalue weighted by Gasteiger charge is 2.41. The highest BCUT2D eigenvalue weighted by atomic mass is 19.1. The van der Waals surface area contributed by atoms with Crippen LogP contribution in [0.1, 0.15) is 44.9 Å². The summed E-state index contributed by atoms with van der Waals surface area (Å²) in [5.74, 6) is 0.309. The monoisotopic (exact) mass is 358 g/mol. The Bertz CT molecular complexity index is 452. The Balaban J connectivity index is 1.49. The van der Waals surface area contributed by atoms with Crippen LogP contribution in [-0.4, -0.2) is 87.7 Å². The van der Waals surface area contributed by atoms with Gasteiger partial charge in [-0.1, -0.05) is 19.3 Å². The lowest BCUT2D eigenvalue weighted by Crippen LogP contribution is -2.59. The van der Waals surface area contributed by atoms with E-state index in [0.717, 1.165) is 25.7 Å². The zero-order chi connectivity index (χ0) is 18.0. The van der Waals surface area contributed by atoms with Crippen molar-refractivity contribution in [1.82, 2.24) is 9.80 Å². The van der Waals surface area contributed by atoms with Crippen molar-refractivity contribution in [3.8, 4) is 0 Å². The number of aliphatic hydroxyl groups excluding tert-OH is 3. The first-order valence-electron chi connectivity index (χ1n) is 9.62. The average molecular weight is 358 g/mol. The summed E-state index contributed by atoms with van der Waals surface area (Å²) in [7, 11) is 0. The van der Waals surface area contributed by atoms with Crippen LogP contribution in [0.25, 0.3) is 0 Å². The van der Waals surface area contributed by atoms with Gasteiger partial charge in [-0.05, 0) is 12.8 Å². The summed E-state index contributed by atoms with van der Waals surface area (Å²) >= 11 is 0. The molecule has 2 saturated heterocycles. The van der Waals surface area contributed by atoms with Gasteiger partial charge >= 0.3 is 0 Å². The number of nitrogens with zero attached hydrogens (tertiary/aromatic N) is 2. The molecule has 1 amide bonds. The van der Waals surface area contributed by atoms with Crippen LogP contribution >= 0.6 is 0 Å². The summed E-state index contributed by atoms with van der Waals surface area (Å²) in [5.41, 5.74) is -1.41. The molecular formula is C18H31FN2O4. The summed E-state index contributed by atoms with van der Waals surface area (Å²) in [5, 5.41) is 29.1. The lowest BCUT2D eigenvalue weighted by molar-refractivity contribution is -0.140. The van der Waals surface area contributed by atoms with Gasteiger partial charge in [0.15, 0.2) is 0 Å². The molecule has 0 aromatic carbocycles. The van der Waals surface area contributed by atoms with E-state index in [9.17, 15) is 20.1 Å². The van der Waals surface area contributed by atoms with Gasteiger partial charge in [0.1, 0.15) is 11.8 Å². The number of piperidine rings is 2. The fourth-order valence-electron chi connectivity index (χ4n) is 4.50. The average Bonchev–Trinajstić information content (AvgIpc) is 2.60. The second kappa shape index (κ2) is 7.86. The molecule has 144 valence electrons. The standard InChI is InChI=1S/C18H31FN2O4/c19-18(12-20-10-14(22)16(24)15(23)11-20)6-8-21(9-7-18)17(25)13-4-2-1-3-5-13/h13-16,22-24H,1-12H2/t14-,15+,16+. The van der Waals surface area contributed by atoms with E-state index >= 15 is 4.39 Å². The van der Waals surface area contributed by atoms with Crippen LogP contribution in [0.5, 0.6) is 0 Å². The molecule has 1 aliphatic carbocycles. The van der Waals surface area contributed by atoms with Crippen LogP contribution in [0, 0.1) is 5.92 Å². The highest BCUT2D eigenvalue weighted by Crippen LogP contribution is 2.32. The van der Waals surface area contributed by atoms with Crippen LogP contribution in [0.2, 0.25) is 0 Å². The predicted octanol–water partition coefficient (Wildman–Crippen LogP) is 0.296. The van der Waals surface area contributed by atoms with E-state index < -0.39 is 24.0 Å². The maximum absolute atomic E-state index is 15.2. The van der Waals surface area contributed by atoms with Gasteiger partial charge in [0, 0.05) is 51.5 Å². The number of hydrogen-bond donors (Lipinski definition) is 3. The second-order valence-electron chi connectivity index (χ2n) is 8.13. The minimum Gasteiger partial charge on any atom is -0.389 e. The second-order valence-corrected chi connectivity index (χ2v) is 8.13. The first-order valence-corrected chi connectivity index (χ1v) is 9.62. The molecule has 0 bridgehead atoms. The molecule has 3 N–H and O–H groups in total. The van der Waals surface area contributed by atoms with Gasteiger partial charge in [-0.25, -0.2) is 4.39 Å². The molecule has 1 saturated carbocycles. The molecule has 7 heteroatoms. The fourth-order valence-corrected chi connectivity index (χ4v) is 4.50. The number of aliphatic hydroxyl groups is 3. The molecule has 3 fully saturated rings. The van der Waals surface area contributed by atoms with E-state index in [0.29, 0.717) is 13.1 Å². The van der Waals surface area contributed by atoms with E-state index in [1.54, 1.807) is 4.90 Å². The topological polar surface area (TPSA) is 84.2 Å². The Morgan fingerprint density at radius 2 is 1.56 bits per heavy atom. The molecule has 0 radical (unpaired) electrons. The van der Waals surface area contributed by atoms with Crippen molar-refractivity contribution < 1.29 is 24.5 Å². The van der Waals surface area contributed by atoms with Crippen LogP contribution in [-0.2, 0) is 4.79 Å². The molecule has 25 heavy (non-hydrogen) atoms. The Morgan fingerprint density at radius 1 is 1.00 bits per heavy atom. The van der Waals surface area contributed by atoms with Crippen molar-refractivity contribution in [3.63, 3.8) is 0 Å². The molecule has 3 rings (SSSR count). The Morgan fingerprint density at radius 3 is 2.12 bits per heavy atom. The SMILES string of the molecule is O=C(C1CCCCC1)N1CCC(F)(CN2C[C@@H](O)[C@H](O)[C@@H](O)C2)CC1. The number of likely N-dealkylation sites (tertiary alicyclic amines) is 2. The van der Waals surface area contributed by atoms with Crippen LogP contribution in [0.15, 0.2) is 0 Å². The van der Waals surface area contributed by atoms with E-state index in [1.165, 1.54) is 6.42 Å². The number of rotatable bonds is 3. The third kappa shape index (κ3) is 4.51. The van der Waals surface area contributed by atoms with Crippen molar-refractivity contribution in [2.45, 2.75) is 68.9 Å². The molecule has 2 heterocycles. The number of halogens is 1. The van der Waals surface area contributed by atoms with Crippen LogP contribution < -0.4 is 0 Å². The lowest BCUT2D eigenvalue weighted by atomic mass is 9.86. The Kier molecular flexibility index (Phi) is 5.98. The Hall–Kier alpha value is -0.760. The van der Waals surface area contributed by atoms with Crippen molar-refractivity contribution in [3.05, 3.63) is 0 Å². The maximum Gasteiger partial charge on any atom is 0.225 e. The van der Waals surface area contributed by atoms with E-state index in [4.69, 9.17) is 0 Å². The maximum atomic E-state index is 15.2. The van der Waals surface area contributed by atoms with Crippen molar-refractivity contribution >= 4 is 5.91 Å². The molecule has 0 unspecified atom stereocenters. The van der Waals surface area contributed by atoms with Gasteiger partial charge in [0.05, 0.1) is 12.2 Å². The van der Waals surface area contributed by atoms with Crippen molar-refractivity contribution in [2.24, 2.45) is 5.92 Å². The van der Waals surface area contributed by atoms with Crippen molar-refractivity contribution in [1.29, 1.82) is 0 Å². The summed E-state index contributed by atoms with van der Waals surface area (Å²) in [4.78, 5) is 16.1. The first-order chi connectivity index (χ1) is 11.9. The molecule has 2 aliphatic heterocycles. The number of carbonyl (C=O) groups excluding carboxylic acids is 1. The number of amides is 1. The van der Waals surface area contributed by atoms with Gasteiger partial charge < -0.3 is 20.2 Å². The van der Waals surface area contributed by atoms with Crippen LogP contribution in [0.3, 0.4) is 0 Å². The van der Waals surface area contributed by atoms with Gasteiger partial charge in [-0.2, -0.15) is 0 Å². The Labute approximate surface area is 148 Å². The fraction of sp³-hybridized carbons (Fsp3) is 0.944. The molecule has 3 atom stereocenters. The first kappa shape index (κ1) is 19.0. The van der Waals surface area contributed by atoms with Crippen molar-refractivity contribution in [2.75, 3.05) is 32.7 Å².